The SMILES string of the molecule is CCCCCCCCC(=O)OC(C)COCCOC(=O)C(C)CC. The van der Waals surface area contributed by atoms with Crippen LogP contribution in [0.25, 0.3) is 0 Å². The van der Waals surface area contributed by atoms with Crippen LogP contribution in [-0.4, -0.2) is 37.9 Å². The van der Waals surface area contributed by atoms with Crippen molar-refractivity contribution in [3.05, 3.63) is 0 Å². The van der Waals surface area contributed by atoms with E-state index in [9.17, 15) is 9.59 Å². The molecule has 0 aromatic rings. The van der Waals surface area contributed by atoms with Crippen molar-refractivity contribution in [2.24, 2.45) is 5.92 Å². The molecule has 5 heteroatoms. The molecule has 0 saturated heterocycles. The second-order valence-electron chi connectivity index (χ2n) is 6.37. The van der Waals surface area contributed by atoms with Gasteiger partial charge in [-0.05, 0) is 19.8 Å². The Hall–Kier alpha value is -1.10. The standard InChI is InChI=1S/C19H36O5/c1-5-7-8-9-10-11-12-18(20)24-17(4)15-22-13-14-23-19(21)16(3)6-2/h16-17H,5-15H2,1-4H3. The van der Waals surface area contributed by atoms with E-state index < -0.39 is 0 Å². The molecule has 2 atom stereocenters. The summed E-state index contributed by atoms with van der Waals surface area (Å²) in [7, 11) is 0. The van der Waals surface area contributed by atoms with Gasteiger partial charge in [0.15, 0.2) is 0 Å². The molecule has 0 fully saturated rings. The first-order chi connectivity index (χ1) is 11.5. The maximum absolute atomic E-state index is 11.7. The van der Waals surface area contributed by atoms with Crippen LogP contribution < -0.4 is 0 Å². The average Bonchev–Trinajstić information content (AvgIpc) is 2.56. The highest BCUT2D eigenvalue weighted by Crippen LogP contribution is 2.08. The third-order valence-corrected chi connectivity index (χ3v) is 3.91. The molecule has 2 unspecified atom stereocenters. The second-order valence-corrected chi connectivity index (χ2v) is 6.37. The summed E-state index contributed by atoms with van der Waals surface area (Å²) in [5.74, 6) is -0.434. The molecule has 0 radical (unpaired) electrons. The lowest BCUT2D eigenvalue weighted by molar-refractivity contribution is -0.152. The van der Waals surface area contributed by atoms with Crippen LogP contribution in [0.2, 0.25) is 0 Å². The molecule has 0 amide bonds. The van der Waals surface area contributed by atoms with Gasteiger partial charge in [0.1, 0.15) is 12.7 Å². The first-order valence-electron chi connectivity index (χ1n) is 9.45. The van der Waals surface area contributed by atoms with Gasteiger partial charge in [-0.15, -0.1) is 0 Å². The highest BCUT2D eigenvalue weighted by molar-refractivity contribution is 5.71. The van der Waals surface area contributed by atoms with Gasteiger partial charge in [-0.3, -0.25) is 9.59 Å². The Labute approximate surface area is 147 Å². The molecule has 0 N–H and O–H groups in total. The Morgan fingerprint density at radius 3 is 2.25 bits per heavy atom. The molecule has 142 valence electrons. The number of ether oxygens (including phenoxy) is 3. The topological polar surface area (TPSA) is 61.8 Å². The first-order valence-corrected chi connectivity index (χ1v) is 9.45. The summed E-state index contributed by atoms with van der Waals surface area (Å²) < 4.78 is 15.7. The minimum Gasteiger partial charge on any atom is -0.463 e. The number of hydrogen-bond donors (Lipinski definition) is 0. The minimum atomic E-state index is -0.275. The Kier molecular flexibility index (Phi) is 14.7. The highest BCUT2D eigenvalue weighted by Gasteiger charge is 2.12. The van der Waals surface area contributed by atoms with Crippen LogP contribution in [0.1, 0.15) is 79.1 Å². The summed E-state index contributed by atoms with van der Waals surface area (Å²) in [5, 5.41) is 0. The van der Waals surface area contributed by atoms with Gasteiger partial charge in [0.05, 0.1) is 19.1 Å². The van der Waals surface area contributed by atoms with E-state index in [1.807, 2.05) is 20.8 Å². The zero-order valence-electron chi connectivity index (χ0n) is 16.0. The van der Waals surface area contributed by atoms with Gasteiger partial charge in [0.2, 0.25) is 0 Å². The van der Waals surface area contributed by atoms with Crippen LogP contribution in [-0.2, 0) is 23.8 Å². The van der Waals surface area contributed by atoms with E-state index in [1.165, 1.54) is 25.7 Å². The lowest BCUT2D eigenvalue weighted by Gasteiger charge is -2.14. The molecule has 0 bridgehead atoms. The largest absolute Gasteiger partial charge is 0.463 e. The summed E-state index contributed by atoms with van der Waals surface area (Å²) in [6, 6.07) is 0. The lowest BCUT2D eigenvalue weighted by atomic mass is 10.1. The number of rotatable bonds is 15. The van der Waals surface area contributed by atoms with Gasteiger partial charge in [0, 0.05) is 6.42 Å². The number of esters is 2. The smallest absolute Gasteiger partial charge is 0.308 e. The number of unbranched alkanes of at least 4 members (excludes halogenated alkanes) is 5. The van der Waals surface area contributed by atoms with Crippen LogP contribution >= 0.6 is 0 Å². The quantitative estimate of drug-likeness (QED) is 0.328. The van der Waals surface area contributed by atoms with Crippen LogP contribution in [0.15, 0.2) is 0 Å². The number of hydrogen-bond acceptors (Lipinski definition) is 5. The van der Waals surface area contributed by atoms with E-state index in [2.05, 4.69) is 6.92 Å². The summed E-state index contributed by atoms with van der Waals surface area (Å²) in [5.41, 5.74) is 0. The Bertz CT molecular complexity index is 330. The van der Waals surface area contributed by atoms with E-state index in [-0.39, 0.29) is 30.6 Å². The van der Waals surface area contributed by atoms with Crippen LogP contribution in [0, 0.1) is 5.92 Å². The van der Waals surface area contributed by atoms with Crippen molar-refractivity contribution in [3.63, 3.8) is 0 Å². The van der Waals surface area contributed by atoms with Gasteiger partial charge in [0.25, 0.3) is 0 Å². The summed E-state index contributed by atoms with van der Waals surface area (Å²) in [4.78, 5) is 23.1. The summed E-state index contributed by atoms with van der Waals surface area (Å²) in [6.45, 7) is 8.67. The van der Waals surface area contributed by atoms with Gasteiger partial charge in [-0.1, -0.05) is 52.9 Å². The maximum atomic E-state index is 11.7. The van der Waals surface area contributed by atoms with E-state index in [4.69, 9.17) is 14.2 Å². The number of carbonyl (C=O) groups excluding carboxylic acids is 2. The first kappa shape index (κ1) is 22.9. The molecule has 0 aromatic carbocycles. The van der Waals surface area contributed by atoms with Crippen molar-refractivity contribution in [2.45, 2.75) is 85.2 Å². The molecule has 0 aliphatic heterocycles. The van der Waals surface area contributed by atoms with E-state index in [1.54, 1.807) is 0 Å². The van der Waals surface area contributed by atoms with Gasteiger partial charge < -0.3 is 14.2 Å². The third-order valence-electron chi connectivity index (χ3n) is 3.91. The molecule has 0 spiro atoms. The minimum absolute atomic E-state index is 0.0770. The van der Waals surface area contributed by atoms with Crippen molar-refractivity contribution in [1.29, 1.82) is 0 Å². The molecule has 24 heavy (non-hydrogen) atoms. The van der Waals surface area contributed by atoms with Crippen LogP contribution in [0.5, 0.6) is 0 Å². The molecule has 0 aliphatic rings. The van der Waals surface area contributed by atoms with E-state index >= 15 is 0 Å². The highest BCUT2D eigenvalue weighted by atomic mass is 16.6. The monoisotopic (exact) mass is 344 g/mol. The van der Waals surface area contributed by atoms with E-state index in [0.29, 0.717) is 19.6 Å². The van der Waals surface area contributed by atoms with Gasteiger partial charge in [-0.2, -0.15) is 0 Å². The molecule has 0 rings (SSSR count). The molecule has 0 aromatic heterocycles. The molecule has 5 nitrogen and oxygen atoms in total. The third kappa shape index (κ3) is 13.3. The van der Waals surface area contributed by atoms with Gasteiger partial charge in [-0.25, -0.2) is 0 Å². The molecule has 0 heterocycles. The molecule has 0 saturated carbocycles. The predicted molar refractivity (Wildman–Crippen MR) is 94.8 cm³/mol. The Morgan fingerprint density at radius 1 is 0.917 bits per heavy atom. The fraction of sp³-hybridized carbons (Fsp3) is 0.895. The second kappa shape index (κ2) is 15.4. The van der Waals surface area contributed by atoms with Crippen molar-refractivity contribution in [3.8, 4) is 0 Å². The normalized spacial score (nSPS) is 13.3. The van der Waals surface area contributed by atoms with E-state index in [0.717, 1.165) is 19.3 Å². The van der Waals surface area contributed by atoms with Crippen molar-refractivity contribution < 1.29 is 23.8 Å². The zero-order valence-corrected chi connectivity index (χ0v) is 16.0. The van der Waals surface area contributed by atoms with Crippen LogP contribution in [0.3, 0.4) is 0 Å². The Balaban J connectivity index is 3.52. The number of carbonyl (C=O) groups is 2. The fourth-order valence-electron chi connectivity index (χ4n) is 2.13. The Morgan fingerprint density at radius 2 is 1.58 bits per heavy atom. The van der Waals surface area contributed by atoms with Crippen molar-refractivity contribution >= 4 is 11.9 Å². The lowest BCUT2D eigenvalue weighted by Crippen LogP contribution is -2.22. The molecular formula is C19H36O5. The fourth-order valence-corrected chi connectivity index (χ4v) is 2.13. The summed E-state index contributed by atoms with van der Waals surface area (Å²) >= 11 is 0. The van der Waals surface area contributed by atoms with Gasteiger partial charge >= 0.3 is 11.9 Å². The molecule has 0 aliphatic carbocycles. The summed E-state index contributed by atoms with van der Waals surface area (Å²) in [6.07, 6.45) is 7.88. The van der Waals surface area contributed by atoms with Crippen LogP contribution in [0.4, 0.5) is 0 Å². The van der Waals surface area contributed by atoms with Crippen molar-refractivity contribution in [1.82, 2.24) is 0 Å². The predicted octanol–water partition coefficient (Wildman–Crippen LogP) is 4.27. The maximum Gasteiger partial charge on any atom is 0.308 e. The average molecular weight is 344 g/mol. The zero-order chi connectivity index (χ0) is 18.2. The van der Waals surface area contributed by atoms with Crippen molar-refractivity contribution in [2.75, 3.05) is 19.8 Å². The molecular weight excluding hydrogens is 308 g/mol.